The van der Waals surface area contributed by atoms with Crippen LogP contribution in [0, 0.1) is 12.8 Å². The van der Waals surface area contributed by atoms with Crippen molar-refractivity contribution in [2.75, 3.05) is 37.4 Å². The number of benzene rings is 1. The summed E-state index contributed by atoms with van der Waals surface area (Å²) in [5, 5.41) is 7.67. The van der Waals surface area contributed by atoms with Crippen LogP contribution >= 0.6 is 0 Å². The first-order valence-corrected chi connectivity index (χ1v) is 11.0. The lowest BCUT2D eigenvalue weighted by Crippen LogP contribution is -2.48. The van der Waals surface area contributed by atoms with Crippen LogP contribution in [-0.4, -0.2) is 60.2 Å². The molecule has 0 bridgehead atoms. The van der Waals surface area contributed by atoms with Crippen LogP contribution in [0.3, 0.4) is 0 Å². The van der Waals surface area contributed by atoms with Gasteiger partial charge in [-0.2, -0.15) is 5.10 Å². The fourth-order valence-corrected chi connectivity index (χ4v) is 4.77. The maximum Gasteiger partial charge on any atom is 0.260 e. The number of carbonyl (C=O) groups excluding carboxylic acids is 1. The molecule has 1 unspecified atom stereocenters. The van der Waals surface area contributed by atoms with E-state index in [1.54, 1.807) is 0 Å². The first kappa shape index (κ1) is 21.6. The molecule has 8 heteroatoms. The molecule has 168 valence electrons. The van der Waals surface area contributed by atoms with Gasteiger partial charge in [0.15, 0.2) is 0 Å². The third-order valence-electron chi connectivity index (χ3n) is 6.48. The number of piperidine rings is 1. The molecule has 2 aliphatic rings. The van der Waals surface area contributed by atoms with E-state index >= 15 is 0 Å². The molecule has 0 spiro atoms. The van der Waals surface area contributed by atoms with Gasteiger partial charge in [-0.1, -0.05) is 12.1 Å². The summed E-state index contributed by atoms with van der Waals surface area (Å²) in [7, 11) is 3.97. The summed E-state index contributed by atoms with van der Waals surface area (Å²) in [6.07, 6.45) is 0.0526. The Hall–Kier alpha value is -2.64. The lowest BCUT2D eigenvalue weighted by Gasteiger charge is -2.41. The predicted molar refractivity (Wildman–Crippen MR) is 118 cm³/mol. The summed E-state index contributed by atoms with van der Waals surface area (Å²) in [5.74, 6) is 0.909. The van der Waals surface area contributed by atoms with E-state index in [4.69, 9.17) is 0 Å². The van der Waals surface area contributed by atoms with Gasteiger partial charge in [0, 0.05) is 45.0 Å². The summed E-state index contributed by atoms with van der Waals surface area (Å²) in [4.78, 5) is 16.9. The van der Waals surface area contributed by atoms with Gasteiger partial charge >= 0.3 is 0 Å². The maximum atomic E-state index is 13.7. The number of fused-ring (bicyclic) bond motifs is 1. The average molecular weight is 432 g/mol. The molecule has 1 amide bonds. The summed E-state index contributed by atoms with van der Waals surface area (Å²) in [6.45, 7) is 3.15. The van der Waals surface area contributed by atoms with Gasteiger partial charge in [-0.3, -0.25) is 4.79 Å². The first-order chi connectivity index (χ1) is 14.8. The van der Waals surface area contributed by atoms with E-state index in [0.29, 0.717) is 25.2 Å². The van der Waals surface area contributed by atoms with E-state index in [-0.39, 0.29) is 17.9 Å². The second-order valence-electron chi connectivity index (χ2n) is 8.98. The topological polar surface area (TPSA) is 53.4 Å². The van der Waals surface area contributed by atoms with Crippen molar-refractivity contribution in [3.8, 4) is 0 Å². The lowest BCUT2D eigenvalue weighted by atomic mass is 9.85. The van der Waals surface area contributed by atoms with E-state index in [0.717, 1.165) is 36.3 Å². The molecule has 3 atom stereocenters. The van der Waals surface area contributed by atoms with Gasteiger partial charge in [0.25, 0.3) is 6.43 Å². The molecule has 31 heavy (non-hydrogen) atoms. The van der Waals surface area contributed by atoms with Crippen LogP contribution in [0.1, 0.15) is 36.6 Å². The number of rotatable bonds is 5. The number of aromatic nitrogens is 2. The molecule has 1 aromatic heterocycles. The molecule has 1 saturated heterocycles. The second kappa shape index (κ2) is 8.85. The zero-order chi connectivity index (χ0) is 22.1. The molecule has 0 aliphatic carbocycles. The van der Waals surface area contributed by atoms with E-state index in [1.807, 2.05) is 61.2 Å². The number of hydrogen-bond donors (Lipinski definition) is 1. The molecule has 4 rings (SSSR count). The minimum atomic E-state index is -2.46. The molecule has 6 nitrogen and oxygen atoms in total. The van der Waals surface area contributed by atoms with Crippen molar-refractivity contribution >= 4 is 17.4 Å². The number of nitrogens with zero attached hydrogens (tertiary/aromatic N) is 4. The number of alkyl halides is 2. The van der Waals surface area contributed by atoms with Gasteiger partial charge in [-0.15, -0.1) is 0 Å². The van der Waals surface area contributed by atoms with Gasteiger partial charge in [0.05, 0.1) is 12.1 Å². The quantitative estimate of drug-likeness (QED) is 0.784. The van der Waals surface area contributed by atoms with Gasteiger partial charge in [-0.05, 0) is 49.8 Å². The highest BCUT2D eigenvalue weighted by atomic mass is 19.3. The Morgan fingerprint density at radius 2 is 2.03 bits per heavy atom. The molecule has 2 aliphatic heterocycles. The molecule has 1 fully saturated rings. The van der Waals surface area contributed by atoms with Gasteiger partial charge in [0.1, 0.15) is 11.9 Å². The number of anilines is 2. The van der Waals surface area contributed by atoms with Crippen molar-refractivity contribution in [3.63, 3.8) is 0 Å². The van der Waals surface area contributed by atoms with Gasteiger partial charge in [0.2, 0.25) is 5.91 Å². The third-order valence-corrected chi connectivity index (χ3v) is 6.48. The van der Waals surface area contributed by atoms with E-state index in [9.17, 15) is 13.6 Å². The third kappa shape index (κ3) is 4.67. The van der Waals surface area contributed by atoms with Crippen molar-refractivity contribution in [1.29, 1.82) is 0 Å². The Labute approximate surface area is 182 Å². The number of aryl methyl sites for hydroxylation is 1. The van der Waals surface area contributed by atoms with Crippen LogP contribution in [-0.2, 0) is 11.2 Å². The number of nitrogens with one attached hydrogen (secondary N) is 1. The predicted octanol–water partition coefficient (Wildman–Crippen LogP) is 3.73. The van der Waals surface area contributed by atoms with E-state index in [1.165, 1.54) is 4.68 Å². The zero-order valence-corrected chi connectivity index (χ0v) is 18.4. The molecule has 1 aromatic carbocycles. The van der Waals surface area contributed by atoms with Gasteiger partial charge in [-0.25, -0.2) is 13.5 Å². The van der Waals surface area contributed by atoms with Crippen LogP contribution in [0.15, 0.2) is 30.3 Å². The SMILES string of the molecule is Cc1cc2n(n1)[C@@H](C(F)F)C[C@@H](C1CCCN(C(=O)Cc3ccc(N(C)C)cc3)C1)N2. The highest BCUT2D eigenvalue weighted by Crippen LogP contribution is 2.36. The molecule has 1 N–H and O–H groups in total. The normalized spacial score (nSPS) is 23.4. The summed E-state index contributed by atoms with van der Waals surface area (Å²) in [6, 6.07) is 8.84. The number of likely N-dealkylation sites (tertiary alicyclic amines) is 1. The van der Waals surface area contributed by atoms with E-state index in [2.05, 4.69) is 10.4 Å². The number of halogens is 2. The minimum Gasteiger partial charge on any atom is -0.378 e. The monoisotopic (exact) mass is 431 g/mol. The summed E-state index contributed by atoms with van der Waals surface area (Å²) >= 11 is 0. The Kier molecular flexibility index (Phi) is 6.16. The summed E-state index contributed by atoms with van der Waals surface area (Å²) in [5.41, 5.74) is 2.82. The van der Waals surface area contributed by atoms with Crippen LogP contribution < -0.4 is 10.2 Å². The van der Waals surface area contributed by atoms with Crippen LogP contribution in [0.5, 0.6) is 0 Å². The second-order valence-corrected chi connectivity index (χ2v) is 8.98. The van der Waals surface area contributed by atoms with Crippen molar-refractivity contribution in [2.24, 2.45) is 5.92 Å². The molecule has 0 saturated carbocycles. The van der Waals surface area contributed by atoms with Crippen molar-refractivity contribution < 1.29 is 13.6 Å². The fourth-order valence-electron chi connectivity index (χ4n) is 4.77. The van der Waals surface area contributed by atoms with Gasteiger partial charge < -0.3 is 15.1 Å². The smallest absolute Gasteiger partial charge is 0.260 e. The zero-order valence-electron chi connectivity index (χ0n) is 18.4. The molecule has 2 aromatic rings. The molecular formula is C23H31F2N5O. The van der Waals surface area contributed by atoms with Crippen molar-refractivity contribution in [1.82, 2.24) is 14.7 Å². The minimum absolute atomic E-state index is 0.0856. The summed E-state index contributed by atoms with van der Waals surface area (Å²) < 4.78 is 28.9. The van der Waals surface area contributed by atoms with Crippen LogP contribution in [0.25, 0.3) is 0 Å². The maximum absolute atomic E-state index is 13.7. The Morgan fingerprint density at radius 1 is 1.29 bits per heavy atom. The molecule has 0 radical (unpaired) electrons. The number of hydrogen-bond acceptors (Lipinski definition) is 4. The lowest BCUT2D eigenvalue weighted by molar-refractivity contribution is -0.132. The molecular weight excluding hydrogens is 400 g/mol. The van der Waals surface area contributed by atoms with Crippen molar-refractivity contribution in [3.05, 3.63) is 41.6 Å². The molecule has 3 heterocycles. The Bertz CT molecular complexity index is 911. The largest absolute Gasteiger partial charge is 0.378 e. The Balaban J connectivity index is 1.41. The highest BCUT2D eigenvalue weighted by Gasteiger charge is 2.38. The average Bonchev–Trinajstić information content (AvgIpc) is 3.13. The first-order valence-electron chi connectivity index (χ1n) is 11.0. The number of amides is 1. The standard InChI is InChI=1S/C23H31F2N5O/c1-15-11-21-26-19(13-20(23(24)25)30(21)27-15)17-5-4-10-29(14-17)22(31)12-16-6-8-18(9-7-16)28(2)3/h6-9,11,17,19-20,23,26H,4-5,10,12-14H2,1-3H3/t17?,19-,20+/m0/s1. The van der Waals surface area contributed by atoms with Crippen LogP contribution in [0.2, 0.25) is 0 Å². The fraction of sp³-hybridized carbons (Fsp3) is 0.565. The van der Waals surface area contributed by atoms with E-state index < -0.39 is 12.5 Å². The highest BCUT2D eigenvalue weighted by molar-refractivity contribution is 5.79. The number of carbonyl (C=O) groups is 1. The Morgan fingerprint density at radius 3 is 2.71 bits per heavy atom. The van der Waals surface area contributed by atoms with Crippen LogP contribution in [0.4, 0.5) is 20.3 Å². The van der Waals surface area contributed by atoms with Crippen molar-refractivity contribution in [2.45, 2.75) is 51.1 Å².